The number of anilines is 2. The van der Waals surface area contributed by atoms with Crippen molar-refractivity contribution in [2.75, 3.05) is 5.32 Å². The lowest BCUT2D eigenvalue weighted by atomic mass is 10.1. The van der Waals surface area contributed by atoms with Gasteiger partial charge in [-0.1, -0.05) is 59.6 Å². The predicted octanol–water partition coefficient (Wildman–Crippen LogP) is 9.07. The summed E-state index contributed by atoms with van der Waals surface area (Å²) in [4.78, 5) is 17.3. The molecule has 41 heavy (non-hydrogen) atoms. The summed E-state index contributed by atoms with van der Waals surface area (Å²) in [7, 11) is 0. The Morgan fingerprint density at radius 1 is 1.02 bits per heavy atom. The van der Waals surface area contributed by atoms with Crippen molar-refractivity contribution >= 4 is 91.1 Å². The van der Waals surface area contributed by atoms with E-state index in [2.05, 4.69) is 85.1 Å². The molecule has 0 aliphatic carbocycles. The van der Waals surface area contributed by atoms with Crippen LogP contribution in [0.1, 0.15) is 27.0 Å². The molecular formula is C31H23ClI2N4O2S. The zero-order chi connectivity index (χ0) is 28.8. The SMILES string of the molecule is Cc1ccc(Nc2nc(-c3ccc(C(=O)N/N=C\c4cc(I)c(OCc5ccccc5Cl)c(I)c4)cc3)cs2)cc1. The molecule has 0 saturated carbocycles. The number of carbonyl (C=O) groups is 1. The van der Waals surface area contributed by atoms with Crippen LogP contribution in [-0.4, -0.2) is 17.1 Å². The van der Waals surface area contributed by atoms with Gasteiger partial charge in [0.25, 0.3) is 5.91 Å². The lowest BCUT2D eigenvalue weighted by molar-refractivity contribution is 0.0955. The normalized spacial score (nSPS) is 11.0. The maximum atomic E-state index is 12.7. The van der Waals surface area contributed by atoms with Crippen LogP contribution in [0.3, 0.4) is 0 Å². The van der Waals surface area contributed by atoms with Gasteiger partial charge in [0.15, 0.2) is 5.13 Å². The van der Waals surface area contributed by atoms with Crippen LogP contribution in [0, 0.1) is 14.1 Å². The molecule has 0 aliphatic rings. The van der Waals surface area contributed by atoms with Crippen molar-refractivity contribution in [1.29, 1.82) is 0 Å². The first-order valence-corrected chi connectivity index (χ1v) is 15.9. The summed E-state index contributed by atoms with van der Waals surface area (Å²) in [6.07, 6.45) is 1.62. The Bertz CT molecular complexity index is 1680. The van der Waals surface area contributed by atoms with Gasteiger partial charge >= 0.3 is 0 Å². The van der Waals surface area contributed by atoms with Gasteiger partial charge in [-0.25, -0.2) is 10.4 Å². The highest BCUT2D eigenvalue weighted by molar-refractivity contribution is 14.1. The minimum atomic E-state index is -0.295. The van der Waals surface area contributed by atoms with Crippen molar-refractivity contribution < 1.29 is 9.53 Å². The molecule has 0 saturated heterocycles. The van der Waals surface area contributed by atoms with Gasteiger partial charge in [0.1, 0.15) is 12.4 Å². The van der Waals surface area contributed by atoms with E-state index in [1.54, 1.807) is 18.3 Å². The van der Waals surface area contributed by atoms with Crippen LogP contribution >= 0.6 is 68.1 Å². The number of hydrazone groups is 1. The maximum absolute atomic E-state index is 12.7. The largest absolute Gasteiger partial charge is 0.487 e. The highest BCUT2D eigenvalue weighted by atomic mass is 127. The van der Waals surface area contributed by atoms with E-state index in [-0.39, 0.29) is 5.91 Å². The van der Waals surface area contributed by atoms with Crippen LogP contribution in [0.25, 0.3) is 11.3 Å². The predicted molar refractivity (Wildman–Crippen MR) is 185 cm³/mol. The summed E-state index contributed by atoms with van der Waals surface area (Å²) in [5.41, 5.74) is 8.86. The lowest BCUT2D eigenvalue weighted by Crippen LogP contribution is -2.17. The van der Waals surface area contributed by atoms with Gasteiger partial charge in [0, 0.05) is 32.8 Å². The molecule has 1 aromatic heterocycles. The number of thiazole rings is 1. The zero-order valence-electron chi connectivity index (χ0n) is 21.7. The molecule has 1 amide bonds. The first kappa shape index (κ1) is 29.5. The molecule has 5 rings (SSSR count). The third-order valence-corrected chi connectivity index (χ3v) is 8.71. The second-order valence-electron chi connectivity index (χ2n) is 9.00. The molecule has 10 heteroatoms. The Morgan fingerprint density at radius 2 is 1.73 bits per heavy atom. The summed E-state index contributed by atoms with van der Waals surface area (Å²) in [6.45, 7) is 2.43. The van der Waals surface area contributed by atoms with Crippen LogP contribution in [0.2, 0.25) is 5.02 Å². The molecule has 2 N–H and O–H groups in total. The fraction of sp³-hybridized carbons (Fsp3) is 0.0645. The molecule has 0 aliphatic heterocycles. The van der Waals surface area contributed by atoms with E-state index >= 15 is 0 Å². The molecule has 0 unspecified atom stereocenters. The van der Waals surface area contributed by atoms with Crippen molar-refractivity contribution in [3.05, 3.63) is 125 Å². The second-order valence-corrected chi connectivity index (χ2v) is 12.6. The fourth-order valence-electron chi connectivity index (χ4n) is 3.80. The first-order valence-electron chi connectivity index (χ1n) is 12.4. The van der Waals surface area contributed by atoms with Gasteiger partial charge in [0.05, 0.1) is 19.0 Å². The number of nitrogens with one attached hydrogen (secondary N) is 2. The molecule has 5 aromatic rings. The molecule has 0 fully saturated rings. The van der Waals surface area contributed by atoms with E-state index in [9.17, 15) is 4.79 Å². The van der Waals surface area contributed by atoms with Gasteiger partial charge in [-0.2, -0.15) is 5.10 Å². The number of hydrogen-bond donors (Lipinski definition) is 2. The smallest absolute Gasteiger partial charge is 0.271 e. The van der Waals surface area contributed by atoms with Crippen LogP contribution < -0.4 is 15.5 Å². The fourth-order valence-corrected chi connectivity index (χ4v) is 6.86. The standard InChI is InChI=1S/C31H23ClI2N4O2S/c1-19-6-12-24(13-7-19)36-31-37-28(18-41-31)21-8-10-22(11-9-21)30(39)38-35-16-20-14-26(33)29(27(34)15-20)40-17-23-4-2-3-5-25(23)32/h2-16,18H,17H2,1H3,(H,36,37)(H,38,39)/b35-16-. The molecule has 1 heterocycles. The number of benzene rings is 4. The number of carbonyl (C=O) groups excluding carboxylic acids is 1. The van der Waals surface area contributed by atoms with Crippen LogP contribution in [0.15, 0.2) is 95.4 Å². The summed E-state index contributed by atoms with van der Waals surface area (Å²) >= 11 is 12.2. The van der Waals surface area contributed by atoms with Crippen molar-refractivity contribution in [3.63, 3.8) is 0 Å². The zero-order valence-corrected chi connectivity index (χ0v) is 27.6. The van der Waals surface area contributed by atoms with E-state index in [4.69, 9.17) is 16.3 Å². The topological polar surface area (TPSA) is 75.6 Å². The number of halogens is 3. The Morgan fingerprint density at radius 3 is 2.44 bits per heavy atom. The number of aryl methyl sites for hydroxylation is 1. The summed E-state index contributed by atoms with van der Waals surface area (Å²) in [6, 6.07) is 27.0. The summed E-state index contributed by atoms with van der Waals surface area (Å²) in [5.74, 6) is 0.488. The number of amides is 1. The molecule has 0 atom stereocenters. The van der Waals surface area contributed by atoms with Gasteiger partial charge < -0.3 is 10.1 Å². The molecular weight excluding hydrogens is 782 g/mol. The highest BCUT2D eigenvalue weighted by Crippen LogP contribution is 2.30. The molecule has 0 bridgehead atoms. The molecule has 4 aromatic carbocycles. The average Bonchev–Trinajstić information content (AvgIpc) is 3.43. The van der Waals surface area contributed by atoms with E-state index < -0.39 is 0 Å². The minimum Gasteiger partial charge on any atom is -0.487 e. The van der Waals surface area contributed by atoms with Gasteiger partial charge in [0.2, 0.25) is 0 Å². The Kier molecular flexibility index (Phi) is 9.91. The third-order valence-electron chi connectivity index (χ3n) is 5.98. The van der Waals surface area contributed by atoms with Crippen LogP contribution in [0.5, 0.6) is 5.75 Å². The molecule has 0 radical (unpaired) electrons. The average molecular weight is 805 g/mol. The third kappa shape index (κ3) is 7.85. The van der Waals surface area contributed by atoms with Crippen LogP contribution in [0.4, 0.5) is 10.8 Å². The first-order chi connectivity index (χ1) is 19.9. The summed E-state index contributed by atoms with van der Waals surface area (Å²) in [5, 5.41) is 11.0. The quantitative estimate of drug-likeness (QED) is 0.0887. The Balaban J connectivity index is 1.17. The number of nitrogens with zero attached hydrogens (tertiary/aromatic N) is 2. The highest BCUT2D eigenvalue weighted by Gasteiger charge is 2.11. The van der Waals surface area contributed by atoms with Crippen LogP contribution in [-0.2, 0) is 6.61 Å². The Hall–Kier alpha value is -3.00. The molecule has 6 nitrogen and oxygen atoms in total. The monoisotopic (exact) mass is 804 g/mol. The van der Waals surface area contributed by atoms with Gasteiger partial charge in [-0.3, -0.25) is 4.79 Å². The molecule has 206 valence electrons. The summed E-state index contributed by atoms with van der Waals surface area (Å²) < 4.78 is 7.91. The number of ether oxygens (including phenoxy) is 1. The second kappa shape index (κ2) is 13.8. The number of rotatable bonds is 9. The van der Waals surface area contributed by atoms with Crippen molar-refractivity contribution in [1.82, 2.24) is 10.4 Å². The van der Waals surface area contributed by atoms with E-state index in [1.165, 1.54) is 16.9 Å². The lowest BCUT2D eigenvalue weighted by Gasteiger charge is -2.12. The Labute approximate surface area is 274 Å². The van der Waals surface area contributed by atoms with Gasteiger partial charge in [-0.05, 0) is 100 Å². The van der Waals surface area contributed by atoms with Crippen molar-refractivity contribution in [2.45, 2.75) is 13.5 Å². The van der Waals surface area contributed by atoms with E-state index in [0.29, 0.717) is 17.2 Å². The van der Waals surface area contributed by atoms with Crippen molar-refractivity contribution in [3.8, 4) is 17.0 Å². The number of aromatic nitrogens is 1. The molecule has 0 spiro atoms. The van der Waals surface area contributed by atoms with Gasteiger partial charge in [-0.15, -0.1) is 11.3 Å². The van der Waals surface area contributed by atoms with Crippen molar-refractivity contribution in [2.24, 2.45) is 5.10 Å². The van der Waals surface area contributed by atoms with E-state index in [0.717, 1.165) is 46.1 Å². The minimum absolute atomic E-state index is 0.295. The maximum Gasteiger partial charge on any atom is 0.271 e. The van der Waals surface area contributed by atoms with E-state index in [1.807, 2.05) is 66.0 Å². The number of hydrogen-bond acceptors (Lipinski definition) is 6.